The first kappa shape index (κ1) is 18.8. The van der Waals surface area contributed by atoms with Gasteiger partial charge in [0.25, 0.3) is 11.8 Å². The molecule has 0 saturated heterocycles. The number of rotatable bonds is 8. The highest BCUT2D eigenvalue weighted by Gasteiger charge is 2.20. The van der Waals surface area contributed by atoms with Gasteiger partial charge in [-0.2, -0.15) is 0 Å². The number of hydrogen-bond acceptors (Lipinski definition) is 5. The second kappa shape index (κ2) is 9.66. The molecule has 7 nitrogen and oxygen atoms in total. The molecular formula is C18H24N2O5. The standard InChI is InChI=1S/C18H24N2O5/c1-13(19-16(21)11-24-15-9-3-2-4-10-15)18(23)25-12-17(22)20-14-7-5-6-8-14/h2-4,9-10,13-14H,5-8,11-12H2,1H3,(H,19,21)(H,20,22)/t13-/m0/s1. The van der Waals surface area contributed by atoms with Gasteiger partial charge in [0.15, 0.2) is 13.2 Å². The van der Waals surface area contributed by atoms with E-state index in [-0.39, 0.29) is 25.2 Å². The van der Waals surface area contributed by atoms with Crippen molar-refractivity contribution in [3.63, 3.8) is 0 Å². The van der Waals surface area contributed by atoms with E-state index in [2.05, 4.69) is 10.6 Å². The number of amides is 2. The summed E-state index contributed by atoms with van der Waals surface area (Å²) in [7, 11) is 0. The molecule has 1 aromatic rings. The van der Waals surface area contributed by atoms with Crippen LogP contribution in [-0.4, -0.2) is 43.1 Å². The van der Waals surface area contributed by atoms with Crippen molar-refractivity contribution in [3.8, 4) is 5.75 Å². The van der Waals surface area contributed by atoms with Crippen molar-refractivity contribution in [2.45, 2.75) is 44.7 Å². The Balaban J connectivity index is 1.63. The Morgan fingerprint density at radius 1 is 1.08 bits per heavy atom. The fourth-order valence-corrected chi connectivity index (χ4v) is 2.61. The SMILES string of the molecule is C[C@H](NC(=O)COc1ccccc1)C(=O)OCC(=O)NC1CCCC1. The lowest BCUT2D eigenvalue weighted by Gasteiger charge is -2.15. The summed E-state index contributed by atoms with van der Waals surface area (Å²) in [5.41, 5.74) is 0. The highest BCUT2D eigenvalue weighted by Crippen LogP contribution is 2.17. The Kier molecular flexibility index (Phi) is 7.25. The topological polar surface area (TPSA) is 93.7 Å². The van der Waals surface area contributed by atoms with Crippen LogP contribution in [-0.2, 0) is 19.1 Å². The van der Waals surface area contributed by atoms with Gasteiger partial charge in [-0.15, -0.1) is 0 Å². The predicted octanol–water partition coefficient (Wildman–Crippen LogP) is 1.17. The number of benzene rings is 1. The third kappa shape index (κ3) is 6.82. The Morgan fingerprint density at radius 2 is 1.76 bits per heavy atom. The van der Waals surface area contributed by atoms with Gasteiger partial charge >= 0.3 is 5.97 Å². The third-order valence-corrected chi connectivity index (χ3v) is 3.91. The van der Waals surface area contributed by atoms with Gasteiger partial charge in [0.1, 0.15) is 11.8 Å². The normalized spacial score (nSPS) is 15.2. The van der Waals surface area contributed by atoms with Crippen LogP contribution in [0.5, 0.6) is 5.75 Å². The Hall–Kier alpha value is -2.57. The first-order valence-corrected chi connectivity index (χ1v) is 8.48. The average Bonchev–Trinajstić information content (AvgIpc) is 3.11. The van der Waals surface area contributed by atoms with E-state index in [0.29, 0.717) is 5.75 Å². The molecule has 25 heavy (non-hydrogen) atoms. The van der Waals surface area contributed by atoms with Gasteiger partial charge in [-0.3, -0.25) is 9.59 Å². The highest BCUT2D eigenvalue weighted by molar-refractivity contribution is 5.86. The van der Waals surface area contributed by atoms with Crippen LogP contribution in [0.2, 0.25) is 0 Å². The predicted molar refractivity (Wildman–Crippen MR) is 90.9 cm³/mol. The van der Waals surface area contributed by atoms with E-state index in [1.807, 2.05) is 6.07 Å². The van der Waals surface area contributed by atoms with Gasteiger partial charge in [0.2, 0.25) is 0 Å². The lowest BCUT2D eigenvalue weighted by atomic mass is 10.2. The summed E-state index contributed by atoms with van der Waals surface area (Å²) in [4.78, 5) is 35.3. The van der Waals surface area contributed by atoms with Crippen LogP contribution in [0.3, 0.4) is 0 Å². The molecule has 1 aliphatic rings. The van der Waals surface area contributed by atoms with Gasteiger partial charge in [-0.25, -0.2) is 4.79 Å². The van der Waals surface area contributed by atoms with E-state index in [9.17, 15) is 14.4 Å². The summed E-state index contributed by atoms with van der Waals surface area (Å²) in [5.74, 6) is -0.846. The number of carbonyl (C=O) groups excluding carboxylic acids is 3. The zero-order valence-electron chi connectivity index (χ0n) is 14.3. The van der Waals surface area contributed by atoms with Crippen molar-refractivity contribution in [2.75, 3.05) is 13.2 Å². The largest absolute Gasteiger partial charge is 0.484 e. The summed E-state index contributed by atoms with van der Waals surface area (Å²) in [6, 6.07) is 8.22. The van der Waals surface area contributed by atoms with E-state index in [4.69, 9.17) is 9.47 Å². The number of nitrogens with one attached hydrogen (secondary N) is 2. The van der Waals surface area contributed by atoms with Crippen LogP contribution < -0.4 is 15.4 Å². The monoisotopic (exact) mass is 348 g/mol. The average molecular weight is 348 g/mol. The number of carbonyl (C=O) groups is 3. The summed E-state index contributed by atoms with van der Waals surface area (Å²) >= 11 is 0. The molecule has 1 saturated carbocycles. The van der Waals surface area contributed by atoms with Gasteiger partial charge in [-0.05, 0) is 31.9 Å². The molecule has 1 atom stereocenters. The minimum atomic E-state index is -0.855. The maximum atomic E-state index is 11.8. The van der Waals surface area contributed by atoms with Crippen LogP contribution in [0.15, 0.2) is 30.3 Å². The zero-order chi connectivity index (χ0) is 18.1. The quantitative estimate of drug-likeness (QED) is 0.688. The summed E-state index contributed by atoms with van der Waals surface area (Å²) in [6.45, 7) is 0.956. The molecule has 2 N–H and O–H groups in total. The summed E-state index contributed by atoms with van der Waals surface area (Å²) in [5, 5.41) is 5.31. The molecule has 1 aromatic carbocycles. The van der Waals surface area contributed by atoms with Crippen molar-refractivity contribution in [3.05, 3.63) is 30.3 Å². The molecular weight excluding hydrogens is 324 g/mol. The number of hydrogen-bond donors (Lipinski definition) is 2. The molecule has 0 unspecified atom stereocenters. The van der Waals surface area contributed by atoms with Crippen molar-refractivity contribution >= 4 is 17.8 Å². The molecule has 1 aliphatic carbocycles. The molecule has 1 fully saturated rings. The van der Waals surface area contributed by atoms with Crippen molar-refractivity contribution < 1.29 is 23.9 Å². The smallest absolute Gasteiger partial charge is 0.328 e. The van der Waals surface area contributed by atoms with Crippen molar-refractivity contribution in [1.82, 2.24) is 10.6 Å². The van der Waals surface area contributed by atoms with E-state index in [1.165, 1.54) is 6.92 Å². The van der Waals surface area contributed by atoms with E-state index >= 15 is 0 Å². The molecule has 0 heterocycles. The molecule has 2 amide bonds. The van der Waals surface area contributed by atoms with Crippen molar-refractivity contribution in [1.29, 1.82) is 0 Å². The summed E-state index contributed by atoms with van der Waals surface area (Å²) in [6.07, 6.45) is 4.15. The van der Waals surface area contributed by atoms with Crippen LogP contribution in [0.25, 0.3) is 0 Å². The second-order valence-electron chi connectivity index (χ2n) is 6.05. The minimum absolute atomic E-state index is 0.179. The number of ether oxygens (including phenoxy) is 2. The van der Waals surface area contributed by atoms with Crippen LogP contribution in [0.1, 0.15) is 32.6 Å². The first-order valence-electron chi connectivity index (χ1n) is 8.48. The molecule has 0 aliphatic heterocycles. The molecule has 0 aromatic heterocycles. The summed E-state index contributed by atoms with van der Waals surface area (Å²) < 4.78 is 10.2. The van der Waals surface area contributed by atoms with Gasteiger partial charge in [0.05, 0.1) is 0 Å². The molecule has 0 radical (unpaired) electrons. The number of esters is 1. The van der Waals surface area contributed by atoms with E-state index < -0.39 is 17.9 Å². The molecule has 0 bridgehead atoms. The van der Waals surface area contributed by atoms with E-state index in [0.717, 1.165) is 25.7 Å². The van der Waals surface area contributed by atoms with Crippen molar-refractivity contribution in [2.24, 2.45) is 0 Å². The Morgan fingerprint density at radius 3 is 2.44 bits per heavy atom. The van der Waals surface area contributed by atoms with Gasteiger partial charge in [-0.1, -0.05) is 31.0 Å². The molecule has 2 rings (SSSR count). The second-order valence-corrected chi connectivity index (χ2v) is 6.05. The maximum Gasteiger partial charge on any atom is 0.328 e. The lowest BCUT2D eigenvalue weighted by molar-refractivity contribution is -0.151. The van der Waals surface area contributed by atoms with E-state index in [1.54, 1.807) is 24.3 Å². The highest BCUT2D eigenvalue weighted by atomic mass is 16.5. The van der Waals surface area contributed by atoms with Gasteiger partial charge < -0.3 is 20.1 Å². The maximum absolute atomic E-state index is 11.8. The first-order chi connectivity index (χ1) is 12.0. The molecule has 7 heteroatoms. The number of para-hydroxylation sites is 1. The zero-order valence-corrected chi connectivity index (χ0v) is 14.3. The Labute approximate surface area is 147 Å². The fraction of sp³-hybridized carbons (Fsp3) is 0.500. The van der Waals surface area contributed by atoms with Crippen LogP contribution >= 0.6 is 0 Å². The van der Waals surface area contributed by atoms with Crippen LogP contribution in [0.4, 0.5) is 0 Å². The van der Waals surface area contributed by atoms with Crippen LogP contribution in [0, 0.1) is 0 Å². The Bertz CT molecular complexity index is 584. The fourth-order valence-electron chi connectivity index (χ4n) is 2.61. The minimum Gasteiger partial charge on any atom is -0.484 e. The van der Waals surface area contributed by atoms with Gasteiger partial charge in [0, 0.05) is 6.04 Å². The molecule has 136 valence electrons. The lowest BCUT2D eigenvalue weighted by Crippen LogP contribution is -2.43. The molecule has 0 spiro atoms. The third-order valence-electron chi connectivity index (χ3n) is 3.91.